The molecule has 1 heteroatoms. The molecule has 0 rings (SSSR count). The Morgan fingerprint density at radius 2 is 2.33 bits per heavy atom. The predicted octanol–water partition coefficient (Wildman–Crippen LogP) is 1.42. The van der Waals surface area contributed by atoms with Crippen LogP contribution in [0.3, 0.4) is 0 Å². The van der Waals surface area contributed by atoms with Gasteiger partial charge in [0, 0.05) is 0 Å². The molecule has 1 nitrogen and oxygen atoms in total. The highest BCUT2D eigenvalue weighted by Crippen LogP contribution is 1.91. The molecule has 0 aliphatic rings. The van der Waals surface area contributed by atoms with Gasteiger partial charge in [-0.15, -0.1) is 0 Å². The average molecular weight is 86.1 g/mol. The maximum absolute atomic E-state index is 10.0. The van der Waals surface area contributed by atoms with Crippen LogP contribution in [-0.4, -0.2) is 6.10 Å². The highest BCUT2D eigenvalue weighted by Gasteiger charge is 1.90. The Bertz CT molecular complexity index is 25.1. The van der Waals surface area contributed by atoms with E-state index in [1.807, 2.05) is 6.92 Å². The molecule has 0 amide bonds. The first-order chi connectivity index (χ1) is 2.77. The van der Waals surface area contributed by atoms with E-state index in [1.165, 1.54) is 0 Å². The molecule has 0 aliphatic heterocycles. The lowest BCUT2D eigenvalue weighted by atomic mass is 10.2. The van der Waals surface area contributed by atoms with Crippen LogP contribution in [0.2, 0.25) is 0 Å². The molecule has 2 radical (unpaired) electrons. The summed E-state index contributed by atoms with van der Waals surface area (Å²) >= 11 is 0. The molecule has 0 N–H and O–H groups in total. The lowest BCUT2D eigenvalue weighted by Gasteiger charge is -1.91. The summed E-state index contributed by atoms with van der Waals surface area (Å²) in [6, 6.07) is 0. The van der Waals surface area contributed by atoms with Crippen molar-refractivity contribution in [3.63, 3.8) is 0 Å². The van der Waals surface area contributed by atoms with Gasteiger partial charge in [-0.05, 0) is 13.3 Å². The SMILES string of the molecule is [CH2]C([O])CCC. The van der Waals surface area contributed by atoms with E-state index in [9.17, 15) is 5.11 Å². The van der Waals surface area contributed by atoms with E-state index in [1.54, 1.807) is 0 Å². The van der Waals surface area contributed by atoms with Gasteiger partial charge in [-0.2, -0.15) is 0 Å². The minimum absolute atomic E-state index is 0.602. The van der Waals surface area contributed by atoms with Crippen LogP contribution in [0.5, 0.6) is 0 Å². The fourth-order valence-corrected chi connectivity index (χ4v) is 0.322. The summed E-state index contributed by atoms with van der Waals surface area (Å²) in [7, 11) is 0. The van der Waals surface area contributed by atoms with Crippen molar-refractivity contribution in [3.8, 4) is 0 Å². The van der Waals surface area contributed by atoms with Gasteiger partial charge in [0.05, 0.1) is 6.10 Å². The summed E-state index contributed by atoms with van der Waals surface area (Å²) in [5.74, 6) is 0. The van der Waals surface area contributed by atoms with Crippen molar-refractivity contribution in [3.05, 3.63) is 6.92 Å². The Morgan fingerprint density at radius 3 is 2.33 bits per heavy atom. The first-order valence-corrected chi connectivity index (χ1v) is 2.26. The Morgan fingerprint density at radius 1 is 1.83 bits per heavy atom. The maximum Gasteiger partial charge on any atom is 0.0931 e. The molecule has 36 valence electrons. The molecule has 1 atom stereocenters. The van der Waals surface area contributed by atoms with Crippen molar-refractivity contribution in [2.75, 3.05) is 0 Å². The molecular weight excluding hydrogens is 76.1 g/mol. The van der Waals surface area contributed by atoms with Crippen LogP contribution in [0, 0.1) is 6.92 Å². The monoisotopic (exact) mass is 86.1 g/mol. The quantitative estimate of drug-likeness (QED) is 0.484. The molecule has 0 heterocycles. The van der Waals surface area contributed by atoms with Gasteiger partial charge in [0.15, 0.2) is 0 Å². The molecule has 0 aromatic carbocycles. The van der Waals surface area contributed by atoms with E-state index in [2.05, 4.69) is 6.92 Å². The fourth-order valence-electron chi connectivity index (χ4n) is 0.322. The van der Waals surface area contributed by atoms with Gasteiger partial charge in [0.25, 0.3) is 0 Å². The Balaban J connectivity index is 2.63. The average Bonchev–Trinajstić information content (AvgIpc) is 1.35. The second-order valence-electron chi connectivity index (χ2n) is 1.41. The van der Waals surface area contributed by atoms with Crippen LogP contribution in [0.15, 0.2) is 0 Å². The van der Waals surface area contributed by atoms with Crippen LogP contribution in [-0.2, 0) is 5.11 Å². The van der Waals surface area contributed by atoms with E-state index in [4.69, 9.17) is 0 Å². The lowest BCUT2D eigenvalue weighted by Crippen LogP contribution is -1.94. The number of rotatable bonds is 2. The summed E-state index contributed by atoms with van der Waals surface area (Å²) in [5, 5.41) is 10.0. The minimum atomic E-state index is -0.602. The van der Waals surface area contributed by atoms with Gasteiger partial charge in [0.2, 0.25) is 0 Å². The van der Waals surface area contributed by atoms with E-state index in [0.717, 1.165) is 6.42 Å². The highest BCUT2D eigenvalue weighted by atomic mass is 16.3. The van der Waals surface area contributed by atoms with Crippen molar-refractivity contribution < 1.29 is 5.11 Å². The topological polar surface area (TPSA) is 19.9 Å². The van der Waals surface area contributed by atoms with E-state index in [0.29, 0.717) is 6.42 Å². The Labute approximate surface area is 39.0 Å². The standard InChI is InChI=1S/C5H10O/c1-3-4-5(2)6/h5H,2-4H2,1H3. The summed E-state index contributed by atoms with van der Waals surface area (Å²) < 4.78 is 0. The van der Waals surface area contributed by atoms with Gasteiger partial charge in [-0.25, -0.2) is 5.11 Å². The maximum atomic E-state index is 10.0. The van der Waals surface area contributed by atoms with E-state index in [-0.39, 0.29) is 0 Å². The van der Waals surface area contributed by atoms with Crippen molar-refractivity contribution in [2.24, 2.45) is 0 Å². The Hall–Kier alpha value is -0.0400. The zero-order valence-electron chi connectivity index (χ0n) is 4.11. The molecule has 0 bridgehead atoms. The molecule has 0 fully saturated rings. The summed E-state index contributed by atoms with van der Waals surface area (Å²) in [4.78, 5) is 0. The molecule has 0 saturated carbocycles. The number of hydrogen-bond acceptors (Lipinski definition) is 0. The van der Waals surface area contributed by atoms with Gasteiger partial charge in [-0.1, -0.05) is 13.3 Å². The fraction of sp³-hybridized carbons (Fsp3) is 0.800. The van der Waals surface area contributed by atoms with Gasteiger partial charge in [0.1, 0.15) is 0 Å². The lowest BCUT2D eigenvalue weighted by molar-refractivity contribution is 0.119. The van der Waals surface area contributed by atoms with E-state index < -0.39 is 6.10 Å². The first-order valence-electron chi connectivity index (χ1n) is 2.26. The van der Waals surface area contributed by atoms with Crippen LogP contribution < -0.4 is 0 Å². The van der Waals surface area contributed by atoms with Crippen LogP contribution in [0.4, 0.5) is 0 Å². The molecular formula is C5H10O. The van der Waals surface area contributed by atoms with Gasteiger partial charge < -0.3 is 0 Å². The second kappa shape index (κ2) is 3.16. The normalized spacial score (nSPS) is 14.5. The first kappa shape index (κ1) is 5.96. The summed E-state index contributed by atoms with van der Waals surface area (Å²) in [6.07, 6.45) is 1.06. The van der Waals surface area contributed by atoms with Crippen LogP contribution in [0.1, 0.15) is 19.8 Å². The van der Waals surface area contributed by atoms with Crippen molar-refractivity contribution >= 4 is 0 Å². The Kier molecular flexibility index (Phi) is 3.14. The van der Waals surface area contributed by atoms with Gasteiger partial charge >= 0.3 is 0 Å². The molecule has 0 aliphatic carbocycles. The minimum Gasteiger partial charge on any atom is -0.233 e. The van der Waals surface area contributed by atoms with E-state index >= 15 is 0 Å². The molecule has 0 saturated heterocycles. The van der Waals surface area contributed by atoms with Gasteiger partial charge in [-0.3, -0.25) is 0 Å². The summed E-state index contributed by atoms with van der Waals surface area (Å²) in [6.45, 7) is 5.25. The number of hydrogen-bond donors (Lipinski definition) is 0. The third kappa shape index (κ3) is 3.96. The second-order valence-corrected chi connectivity index (χ2v) is 1.41. The molecule has 1 unspecified atom stereocenters. The zero-order valence-corrected chi connectivity index (χ0v) is 4.11. The smallest absolute Gasteiger partial charge is 0.0931 e. The largest absolute Gasteiger partial charge is 0.233 e. The van der Waals surface area contributed by atoms with Crippen molar-refractivity contribution in [2.45, 2.75) is 25.9 Å². The molecule has 0 spiro atoms. The molecule has 0 aromatic rings. The third-order valence-electron chi connectivity index (χ3n) is 0.611. The highest BCUT2D eigenvalue weighted by molar-refractivity contribution is 4.52. The molecule has 0 aromatic heterocycles. The summed E-state index contributed by atoms with van der Waals surface area (Å²) in [5.41, 5.74) is 0. The van der Waals surface area contributed by atoms with Crippen LogP contribution in [0.25, 0.3) is 0 Å². The van der Waals surface area contributed by atoms with Crippen molar-refractivity contribution in [1.82, 2.24) is 0 Å². The third-order valence-corrected chi connectivity index (χ3v) is 0.611. The predicted molar refractivity (Wildman–Crippen MR) is 24.7 cm³/mol. The molecule has 6 heavy (non-hydrogen) atoms. The van der Waals surface area contributed by atoms with Crippen LogP contribution >= 0.6 is 0 Å². The van der Waals surface area contributed by atoms with Crippen molar-refractivity contribution in [1.29, 1.82) is 0 Å². The zero-order chi connectivity index (χ0) is 4.99.